The van der Waals surface area contributed by atoms with Crippen LogP contribution in [-0.2, 0) is 0 Å². The van der Waals surface area contributed by atoms with E-state index in [0.29, 0.717) is 12.2 Å². The van der Waals surface area contributed by atoms with Gasteiger partial charge in [0.1, 0.15) is 11.3 Å². The lowest BCUT2D eigenvalue weighted by atomic mass is 10.1. The van der Waals surface area contributed by atoms with Gasteiger partial charge in [0, 0.05) is 25.5 Å². The fourth-order valence-electron chi connectivity index (χ4n) is 2.83. The smallest absolute Gasteiger partial charge is 0.274 e. The van der Waals surface area contributed by atoms with Gasteiger partial charge in [-0.1, -0.05) is 30.4 Å². The second-order valence-electron chi connectivity index (χ2n) is 5.61. The second-order valence-corrected chi connectivity index (χ2v) is 5.61. The van der Waals surface area contributed by atoms with E-state index in [4.69, 9.17) is 0 Å². The van der Waals surface area contributed by atoms with E-state index in [1.807, 2.05) is 64.2 Å². The predicted molar refractivity (Wildman–Crippen MR) is 89.1 cm³/mol. The Morgan fingerprint density at radius 1 is 1.13 bits per heavy atom. The van der Waals surface area contributed by atoms with Crippen molar-refractivity contribution in [3.8, 4) is 11.1 Å². The Bertz CT molecular complexity index is 880. The van der Waals surface area contributed by atoms with Crippen molar-refractivity contribution in [3.63, 3.8) is 0 Å². The van der Waals surface area contributed by atoms with Crippen molar-refractivity contribution >= 4 is 11.6 Å². The molecule has 1 aliphatic heterocycles. The zero-order valence-corrected chi connectivity index (χ0v) is 12.6. The van der Waals surface area contributed by atoms with Gasteiger partial charge >= 0.3 is 0 Å². The highest BCUT2D eigenvalue weighted by Crippen LogP contribution is 2.20. The normalized spacial score (nSPS) is 14.3. The molecule has 0 unspecified atom stereocenters. The molecule has 0 spiro atoms. The highest BCUT2D eigenvalue weighted by molar-refractivity contribution is 5.93. The Balaban J connectivity index is 1.68. The number of nitrogens with zero attached hydrogens (tertiary/aromatic N) is 3. The molecular weight excluding hydrogens is 286 g/mol. The summed E-state index contributed by atoms with van der Waals surface area (Å²) in [4.78, 5) is 18.8. The second kappa shape index (κ2) is 5.72. The van der Waals surface area contributed by atoms with Gasteiger partial charge in [0.2, 0.25) is 0 Å². The molecule has 0 aliphatic carbocycles. The van der Waals surface area contributed by atoms with Crippen molar-refractivity contribution in [1.82, 2.24) is 14.3 Å². The van der Waals surface area contributed by atoms with Crippen LogP contribution in [0.2, 0.25) is 0 Å². The number of amides is 1. The highest BCUT2D eigenvalue weighted by Gasteiger charge is 2.18. The average molecular weight is 302 g/mol. The van der Waals surface area contributed by atoms with Crippen LogP contribution in [0.15, 0.2) is 60.9 Å². The van der Waals surface area contributed by atoms with Crippen LogP contribution in [0.3, 0.4) is 0 Å². The molecule has 4 heteroatoms. The van der Waals surface area contributed by atoms with Gasteiger partial charge in [0.15, 0.2) is 0 Å². The molecule has 1 aliphatic rings. The zero-order chi connectivity index (χ0) is 15.6. The summed E-state index contributed by atoms with van der Waals surface area (Å²) < 4.78 is 1.91. The van der Waals surface area contributed by atoms with Crippen LogP contribution in [0.4, 0.5) is 0 Å². The quantitative estimate of drug-likeness (QED) is 0.682. The van der Waals surface area contributed by atoms with E-state index in [-0.39, 0.29) is 5.91 Å². The van der Waals surface area contributed by atoms with E-state index in [1.165, 1.54) is 0 Å². The molecule has 0 saturated carbocycles. The van der Waals surface area contributed by atoms with Gasteiger partial charge < -0.3 is 9.30 Å². The largest absolute Gasteiger partial charge is 0.333 e. The average Bonchev–Trinajstić information content (AvgIpc) is 3.06. The van der Waals surface area contributed by atoms with E-state index >= 15 is 0 Å². The maximum Gasteiger partial charge on any atom is 0.274 e. The van der Waals surface area contributed by atoms with Gasteiger partial charge in [0.25, 0.3) is 5.91 Å². The molecule has 2 aromatic heterocycles. The predicted octanol–water partition coefficient (Wildman–Crippen LogP) is 3.20. The molecule has 4 rings (SSSR count). The Hall–Kier alpha value is -2.88. The van der Waals surface area contributed by atoms with Crippen molar-refractivity contribution in [3.05, 3.63) is 72.7 Å². The molecular formula is C19H16N3O. The first kappa shape index (κ1) is 13.8. The number of hydrogen-bond acceptors (Lipinski definition) is 2. The summed E-state index contributed by atoms with van der Waals surface area (Å²) in [6.07, 6.45) is 8.86. The molecule has 1 amide bonds. The molecule has 3 aromatic rings. The van der Waals surface area contributed by atoms with Crippen LogP contribution in [0.5, 0.6) is 0 Å². The van der Waals surface area contributed by atoms with Crippen molar-refractivity contribution < 1.29 is 4.79 Å². The van der Waals surface area contributed by atoms with Crippen molar-refractivity contribution in [1.29, 1.82) is 0 Å². The molecule has 1 radical (unpaired) electrons. The maximum absolute atomic E-state index is 12.5. The van der Waals surface area contributed by atoms with Crippen LogP contribution >= 0.6 is 0 Å². The number of imidazole rings is 1. The molecule has 3 heterocycles. The Kier molecular flexibility index (Phi) is 3.42. The highest BCUT2D eigenvalue weighted by atomic mass is 16.2. The van der Waals surface area contributed by atoms with E-state index in [0.717, 1.165) is 29.7 Å². The lowest BCUT2D eigenvalue weighted by Crippen LogP contribution is -2.33. The Morgan fingerprint density at radius 3 is 2.87 bits per heavy atom. The Labute approximate surface area is 134 Å². The van der Waals surface area contributed by atoms with Crippen LogP contribution in [0, 0.1) is 6.07 Å². The summed E-state index contributed by atoms with van der Waals surface area (Å²) in [7, 11) is 0. The number of carbonyl (C=O) groups is 1. The van der Waals surface area contributed by atoms with Crippen molar-refractivity contribution in [2.75, 3.05) is 13.1 Å². The molecule has 4 nitrogen and oxygen atoms in total. The van der Waals surface area contributed by atoms with Crippen LogP contribution in [0.1, 0.15) is 16.9 Å². The topological polar surface area (TPSA) is 37.6 Å². The first-order valence-corrected chi connectivity index (χ1v) is 7.71. The third kappa shape index (κ3) is 2.63. The summed E-state index contributed by atoms with van der Waals surface area (Å²) in [6.45, 7) is 1.42. The summed E-state index contributed by atoms with van der Waals surface area (Å²) in [6, 6.07) is 14.9. The molecule has 0 atom stereocenters. The number of pyridine rings is 1. The summed E-state index contributed by atoms with van der Waals surface area (Å²) in [5.41, 5.74) is 3.45. The van der Waals surface area contributed by atoms with Gasteiger partial charge in [-0.05, 0) is 41.8 Å². The maximum atomic E-state index is 12.5. The van der Waals surface area contributed by atoms with Crippen molar-refractivity contribution in [2.24, 2.45) is 0 Å². The first-order valence-electron chi connectivity index (χ1n) is 7.71. The summed E-state index contributed by atoms with van der Waals surface area (Å²) in [5, 5.41) is 0. The van der Waals surface area contributed by atoms with E-state index in [2.05, 4.69) is 17.1 Å². The molecule has 113 valence electrons. The third-order valence-corrected chi connectivity index (χ3v) is 4.06. The van der Waals surface area contributed by atoms with Crippen molar-refractivity contribution in [2.45, 2.75) is 6.42 Å². The monoisotopic (exact) mass is 302 g/mol. The number of aromatic nitrogens is 2. The molecule has 0 bridgehead atoms. The van der Waals surface area contributed by atoms with Gasteiger partial charge in [0.05, 0.1) is 0 Å². The molecule has 0 N–H and O–H groups in total. The minimum atomic E-state index is -0.00681. The molecule has 0 saturated heterocycles. The zero-order valence-electron chi connectivity index (χ0n) is 12.6. The minimum absolute atomic E-state index is 0.00681. The fourth-order valence-corrected chi connectivity index (χ4v) is 2.83. The lowest BCUT2D eigenvalue weighted by molar-refractivity contribution is 0.0766. The van der Waals surface area contributed by atoms with Gasteiger partial charge in [-0.25, -0.2) is 4.98 Å². The fraction of sp³-hybridized carbons (Fsp3) is 0.158. The molecule has 0 fully saturated rings. The van der Waals surface area contributed by atoms with Gasteiger partial charge in [-0.2, -0.15) is 0 Å². The Morgan fingerprint density at radius 2 is 2.09 bits per heavy atom. The van der Waals surface area contributed by atoms with Crippen LogP contribution in [-0.4, -0.2) is 33.3 Å². The SMILES string of the molecule is O=C(c1cn2cc(-c3c[c]ccc3)ccc2n1)N1CC=CCC1. The third-order valence-electron chi connectivity index (χ3n) is 4.06. The lowest BCUT2D eigenvalue weighted by Gasteiger charge is -2.22. The van der Waals surface area contributed by atoms with Gasteiger partial charge in [-0.3, -0.25) is 4.79 Å². The molecule has 23 heavy (non-hydrogen) atoms. The van der Waals surface area contributed by atoms with E-state index < -0.39 is 0 Å². The number of rotatable bonds is 2. The minimum Gasteiger partial charge on any atom is -0.333 e. The van der Waals surface area contributed by atoms with E-state index in [9.17, 15) is 4.79 Å². The number of fused-ring (bicyclic) bond motifs is 1. The van der Waals surface area contributed by atoms with Gasteiger partial charge in [-0.15, -0.1) is 0 Å². The van der Waals surface area contributed by atoms with Crippen LogP contribution < -0.4 is 0 Å². The van der Waals surface area contributed by atoms with Crippen LogP contribution in [0.25, 0.3) is 16.8 Å². The summed E-state index contributed by atoms with van der Waals surface area (Å²) in [5.74, 6) is -0.00681. The standard InChI is InChI=1S/C19H16N3O/c23-19(21-11-5-2-6-12-21)17-14-22-13-16(9-10-18(22)20-17)15-7-3-1-4-8-15/h1-3,5,7-10,13-14H,6,11-12H2. The number of hydrogen-bond donors (Lipinski definition) is 0. The molecule has 1 aromatic carbocycles. The number of benzene rings is 1. The van der Waals surface area contributed by atoms with E-state index in [1.54, 1.807) is 0 Å². The number of carbonyl (C=O) groups excluding carboxylic acids is 1. The summed E-state index contributed by atoms with van der Waals surface area (Å²) >= 11 is 0. The first-order chi connectivity index (χ1) is 11.3.